The third-order valence-electron chi connectivity index (χ3n) is 1.14. The first-order valence-electron chi connectivity index (χ1n) is 2.88. The summed E-state index contributed by atoms with van der Waals surface area (Å²) < 4.78 is 0. The Morgan fingerprint density at radius 2 is 2.25 bits per heavy atom. The first kappa shape index (κ1) is 5.83. The van der Waals surface area contributed by atoms with Gasteiger partial charge in [-0.2, -0.15) is 0 Å². The molecule has 1 aromatic rings. The van der Waals surface area contributed by atoms with Crippen LogP contribution in [-0.2, 0) is 6.42 Å². The molecule has 0 spiro atoms. The fourth-order valence-electron chi connectivity index (χ4n) is 0.675. The summed E-state index contributed by atoms with van der Waals surface area (Å²) in [5, 5.41) is 0. The second-order valence-electron chi connectivity index (χ2n) is 1.87. The lowest BCUT2D eigenvalue weighted by Crippen LogP contribution is -1.63. The summed E-state index contributed by atoms with van der Waals surface area (Å²) in [7, 11) is 0. The van der Waals surface area contributed by atoms with Crippen LogP contribution in [0.5, 0.6) is 0 Å². The molecule has 0 aliphatic heterocycles. The highest BCUT2D eigenvalue weighted by Gasteiger charge is 1.89. The average Bonchev–Trinajstić information content (AvgIpc) is 2.14. The Kier molecular flexibility index (Phi) is 1.69. The summed E-state index contributed by atoms with van der Waals surface area (Å²) >= 11 is 1.89. The minimum absolute atomic E-state index is 1.18. The topological polar surface area (TPSA) is 0 Å². The molecule has 0 aromatic carbocycles. The Balaban J connectivity index is 2.84. The van der Waals surface area contributed by atoms with Gasteiger partial charge in [0.25, 0.3) is 0 Å². The maximum atomic E-state index is 2.19. The van der Waals surface area contributed by atoms with Gasteiger partial charge < -0.3 is 0 Å². The van der Waals surface area contributed by atoms with E-state index in [1.807, 2.05) is 11.3 Å². The van der Waals surface area contributed by atoms with Gasteiger partial charge in [0.15, 0.2) is 0 Å². The molecule has 0 saturated carbocycles. The van der Waals surface area contributed by atoms with Crippen molar-refractivity contribution >= 4 is 11.3 Å². The molecule has 0 saturated heterocycles. The normalized spacial score (nSPS) is 9.75. The van der Waals surface area contributed by atoms with Crippen LogP contribution in [0.15, 0.2) is 12.1 Å². The second-order valence-corrected chi connectivity index (χ2v) is 3.24. The molecule has 0 bridgehead atoms. The summed E-state index contributed by atoms with van der Waals surface area (Å²) in [6, 6.07) is 4.36. The molecule has 44 valence electrons. The molecule has 0 unspecified atom stereocenters. The van der Waals surface area contributed by atoms with E-state index in [1.165, 1.54) is 16.2 Å². The molecule has 0 amide bonds. The van der Waals surface area contributed by atoms with E-state index < -0.39 is 0 Å². The molecule has 8 heavy (non-hydrogen) atoms. The molecule has 1 aromatic heterocycles. The molecule has 0 radical (unpaired) electrons. The molecule has 1 rings (SSSR count). The first-order chi connectivity index (χ1) is 3.83. The van der Waals surface area contributed by atoms with Crippen molar-refractivity contribution in [3.63, 3.8) is 0 Å². The molecule has 0 atom stereocenters. The Hall–Kier alpha value is -0.300. The van der Waals surface area contributed by atoms with Gasteiger partial charge in [0.1, 0.15) is 0 Å². The van der Waals surface area contributed by atoms with Crippen LogP contribution in [0.1, 0.15) is 16.7 Å². The quantitative estimate of drug-likeness (QED) is 0.542. The van der Waals surface area contributed by atoms with E-state index in [-0.39, 0.29) is 0 Å². The minimum atomic E-state index is 1.18. The van der Waals surface area contributed by atoms with Gasteiger partial charge in [-0.15, -0.1) is 11.3 Å². The van der Waals surface area contributed by atoms with Gasteiger partial charge in [-0.05, 0) is 25.5 Å². The molecule has 1 heteroatoms. The standard InChI is InChI=1S/C7H10S/c1-3-7-5-4-6(2)8-7/h4-5H,3H2,1-2H3. The van der Waals surface area contributed by atoms with Crippen LogP contribution in [0.2, 0.25) is 0 Å². The maximum absolute atomic E-state index is 2.19. The van der Waals surface area contributed by atoms with Gasteiger partial charge in [-0.1, -0.05) is 6.92 Å². The van der Waals surface area contributed by atoms with Crippen molar-refractivity contribution in [2.24, 2.45) is 0 Å². The van der Waals surface area contributed by atoms with Gasteiger partial charge in [-0.25, -0.2) is 0 Å². The van der Waals surface area contributed by atoms with Crippen molar-refractivity contribution in [3.8, 4) is 0 Å². The van der Waals surface area contributed by atoms with E-state index >= 15 is 0 Å². The van der Waals surface area contributed by atoms with Gasteiger partial charge in [0, 0.05) is 9.75 Å². The Morgan fingerprint density at radius 3 is 2.50 bits per heavy atom. The number of aryl methyl sites for hydroxylation is 2. The molecule has 0 aliphatic carbocycles. The highest BCUT2D eigenvalue weighted by atomic mass is 32.1. The van der Waals surface area contributed by atoms with Crippen molar-refractivity contribution in [2.45, 2.75) is 20.3 Å². The van der Waals surface area contributed by atoms with E-state index in [9.17, 15) is 0 Å². The molecule has 0 nitrogen and oxygen atoms in total. The molecular weight excluding hydrogens is 116 g/mol. The maximum Gasteiger partial charge on any atom is 0.00453 e. The highest BCUT2D eigenvalue weighted by molar-refractivity contribution is 7.11. The zero-order chi connectivity index (χ0) is 5.98. The van der Waals surface area contributed by atoms with Crippen LogP contribution in [-0.4, -0.2) is 0 Å². The Bertz CT molecular complexity index is 165. The van der Waals surface area contributed by atoms with E-state index in [0.717, 1.165) is 0 Å². The number of hydrogen-bond acceptors (Lipinski definition) is 1. The van der Waals surface area contributed by atoms with Crippen molar-refractivity contribution in [1.82, 2.24) is 0 Å². The predicted octanol–water partition coefficient (Wildman–Crippen LogP) is 2.62. The smallest absolute Gasteiger partial charge is 0.00453 e. The molecular formula is C7H10S. The van der Waals surface area contributed by atoms with Crippen molar-refractivity contribution in [2.75, 3.05) is 0 Å². The summed E-state index contributed by atoms with van der Waals surface area (Å²) in [5.41, 5.74) is 0. The van der Waals surface area contributed by atoms with Crippen molar-refractivity contribution in [1.29, 1.82) is 0 Å². The molecule has 0 fully saturated rings. The molecule has 0 N–H and O–H groups in total. The predicted molar refractivity (Wildman–Crippen MR) is 38.4 cm³/mol. The van der Waals surface area contributed by atoms with Crippen molar-refractivity contribution in [3.05, 3.63) is 21.9 Å². The van der Waals surface area contributed by atoms with E-state index in [1.54, 1.807) is 0 Å². The lowest BCUT2D eigenvalue weighted by Gasteiger charge is -1.80. The number of rotatable bonds is 1. The summed E-state index contributed by atoms with van der Waals surface area (Å²) in [6.45, 7) is 4.33. The average molecular weight is 126 g/mol. The lowest BCUT2D eigenvalue weighted by molar-refractivity contribution is 1.19. The number of thiophene rings is 1. The van der Waals surface area contributed by atoms with Gasteiger partial charge in [-0.3, -0.25) is 0 Å². The minimum Gasteiger partial charge on any atom is -0.146 e. The summed E-state index contributed by atoms with van der Waals surface area (Å²) in [4.78, 5) is 2.91. The molecule has 1 heterocycles. The largest absolute Gasteiger partial charge is 0.146 e. The van der Waals surface area contributed by atoms with Crippen LogP contribution < -0.4 is 0 Å². The fourth-order valence-corrected chi connectivity index (χ4v) is 1.51. The summed E-state index contributed by atoms with van der Waals surface area (Å²) in [6.07, 6.45) is 1.18. The van der Waals surface area contributed by atoms with Crippen LogP contribution in [0.25, 0.3) is 0 Å². The second kappa shape index (κ2) is 2.31. The SMILES string of the molecule is CCc1ccc(C)s1. The summed E-state index contributed by atoms with van der Waals surface area (Å²) in [5.74, 6) is 0. The van der Waals surface area contributed by atoms with Crippen LogP contribution in [0.4, 0.5) is 0 Å². The van der Waals surface area contributed by atoms with Gasteiger partial charge >= 0.3 is 0 Å². The number of hydrogen-bond donors (Lipinski definition) is 0. The highest BCUT2D eigenvalue weighted by Crippen LogP contribution is 2.14. The van der Waals surface area contributed by atoms with E-state index in [0.29, 0.717) is 0 Å². The Morgan fingerprint density at radius 1 is 1.50 bits per heavy atom. The third-order valence-corrected chi connectivity index (χ3v) is 2.29. The lowest BCUT2D eigenvalue weighted by atomic mass is 10.4. The zero-order valence-electron chi connectivity index (χ0n) is 5.27. The van der Waals surface area contributed by atoms with Crippen LogP contribution in [0, 0.1) is 6.92 Å². The fraction of sp³-hybridized carbons (Fsp3) is 0.429. The third kappa shape index (κ3) is 1.10. The van der Waals surface area contributed by atoms with Crippen LogP contribution >= 0.6 is 11.3 Å². The first-order valence-corrected chi connectivity index (χ1v) is 3.70. The zero-order valence-corrected chi connectivity index (χ0v) is 6.09. The van der Waals surface area contributed by atoms with Crippen molar-refractivity contribution < 1.29 is 0 Å². The van der Waals surface area contributed by atoms with Gasteiger partial charge in [0.2, 0.25) is 0 Å². The molecule has 0 aliphatic rings. The van der Waals surface area contributed by atoms with E-state index in [2.05, 4.69) is 26.0 Å². The van der Waals surface area contributed by atoms with Crippen LogP contribution in [0.3, 0.4) is 0 Å². The van der Waals surface area contributed by atoms with E-state index in [4.69, 9.17) is 0 Å². The monoisotopic (exact) mass is 126 g/mol. The Labute approximate surface area is 54.2 Å². The van der Waals surface area contributed by atoms with Gasteiger partial charge in [0.05, 0.1) is 0 Å².